The van der Waals surface area contributed by atoms with E-state index in [4.69, 9.17) is 4.74 Å². The van der Waals surface area contributed by atoms with Gasteiger partial charge in [-0.25, -0.2) is 9.97 Å². The minimum Gasteiger partial charge on any atom is -0.489 e. The van der Waals surface area contributed by atoms with E-state index in [1.807, 2.05) is 42.5 Å². The van der Waals surface area contributed by atoms with Crippen LogP contribution in [0.4, 0.5) is 11.5 Å². The molecule has 1 amide bonds. The zero-order valence-corrected chi connectivity index (χ0v) is 16.1. The summed E-state index contributed by atoms with van der Waals surface area (Å²) in [7, 11) is 0. The first-order chi connectivity index (χ1) is 13.6. The predicted octanol–water partition coefficient (Wildman–Crippen LogP) is 4.52. The number of aromatic nitrogens is 2. The molecule has 0 saturated carbocycles. The lowest BCUT2D eigenvalue weighted by atomic mass is 10.2. The van der Waals surface area contributed by atoms with Crippen molar-refractivity contribution >= 4 is 17.4 Å². The van der Waals surface area contributed by atoms with Crippen LogP contribution in [0, 0.1) is 0 Å². The Morgan fingerprint density at radius 3 is 2.54 bits per heavy atom. The molecule has 0 aliphatic heterocycles. The number of carbonyl (C=O) groups excluding carboxylic acids is 1. The molecule has 0 aliphatic rings. The summed E-state index contributed by atoms with van der Waals surface area (Å²) in [6, 6.07) is 19.2. The molecule has 6 heteroatoms. The zero-order chi connectivity index (χ0) is 19.8. The lowest BCUT2D eigenvalue weighted by Crippen LogP contribution is -2.17. The Bertz CT molecular complexity index is 898. The smallest absolute Gasteiger partial charge is 0.274 e. The number of ether oxygens (including phenoxy) is 1. The van der Waals surface area contributed by atoms with E-state index in [9.17, 15) is 4.79 Å². The number of anilines is 2. The molecule has 3 rings (SSSR count). The van der Waals surface area contributed by atoms with Crippen molar-refractivity contribution in [2.24, 2.45) is 0 Å². The molecule has 1 aromatic heterocycles. The van der Waals surface area contributed by atoms with Crippen LogP contribution in [0.15, 0.2) is 67.0 Å². The highest BCUT2D eigenvalue weighted by molar-refractivity contribution is 6.03. The molecule has 1 heterocycles. The summed E-state index contributed by atoms with van der Waals surface area (Å²) < 4.78 is 5.76. The summed E-state index contributed by atoms with van der Waals surface area (Å²) in [5.41, 5.74) is 2.09. The first-order valence-electron chi connectivity index (χ1n) is 9.30. The minimum absolute atomic E-state index is 0.272. The maximum atomic E-state index is 12.5. The molecule has 0 aliphatic carbocycles. The van der Waals surface area contributed by atoms with E-state index < -0.39 is 0 Å². The summed E-state index contributed by atoms with van der Waals surface area (Å²) in [4.78, 5) is 20.7. The fourth-order valence-corrected chi connectivity index (χ4v) is 2.49. The third kappa shape index (κ3) is 5.54. The van der Waals surface area contributed by atoms with Crippen LogP contribution >= 0.6 is 0 Å². The van der Waals surface area contributed by atoms with Gasteiger partial charge in [-0.1, -0.05) is 37.3 Å². The van der Waals surface area contributed by atoms with Crippen molar-refractivity contribution in [3.63, 3.8) is 0 Å². The molecule has 0 radical (unpaired) electrons. The molecule has 6 nitrogen and oxygen atoms in total. The number of nitrogens with one attached hydrogen (secondary N) is 2. The van der Waals surface area contributed by atoms with Gasteiger partial charge in [0.2, 0.25) is 0 Å². The van der Waals surface area contributed by atoms with Crippen molar-refractivity contribution in [3.8, 4) is 5.75 Å². The second-order valence-corrected chi connectivity index (χ2v) is 6.49. The van der Waals surface area contributed by atoms with Gasteiger partial charge in [0.05, 0.1) is 0 Å². The number of carbonyl (C=O) groups is 1. The monoisotopic (exact) mass is 376 g/mol. The molecule has 1 unspecified atom stereocenters. The van der Waals surface area contributed by atoms with E-state index in [2.05, 4.69) is 34.4 Å². The summed E-state index contributed by atoms with van der Waals surface area (Å²) in [6.07, 6.45) is 2.35. The first-order valence-corrected chi connectivity index (χ1v) is 9.30. The Labute approximate surface area is 165 Å². The van der Waals surface area contributed by atoms with Gasteiger partial charge in [0, 0.05) is 17.8 Å². The average molecular weight is 376 g/mol. The minimum atomic E-state index is -0.285. The van der Waals surface area contributed by atoms with E-state index in [0.717, 1.165) is 17.7 Å². The normalized spacial score (nSPS) is 11.5. The third-order valence-corrected chi connectivity index (χ3v) is 4.27. The van der Waals surface area contributed by atoms with Crippen molar-refractivity contribution in [1.82, 2.24) is 9.97 Å². The standard InChI is InChI=1S/C22H24N4O2/c1-3-16(2)25-21-13-20(23-15-24-21)22(27)26-18-9-11-19(12-10-18)28-14-17-7-5-4-6-8-17/h4-13,15-16H,3,14H2,1-2H3,(H,26,27)(H,23,24,25). The Balaban J connectivity index is 1.57. The van der Waals surface area contributed by atoms with Gasteiger partial charge in [-0.3, -0.25) is 4.79 Å². The van der Waals surface area contributed by atoms with Crippen LogP contribution in [0.1, 0.15) is 36.3 Å². The summed E-state index contributed by atoms with van der Waals surface area (Å²) in [5.74, 6) is 1.09. The van der Waals surface area contributed by atoms with Gasteiger partial charge in [-0.05, 0) is 43.2 Å². The number of benzene rings is 2. The fourth-order valence-electron chi connectivity index (χ4n) is 2.49. The van der Waals surface area contributed by atoms with E-state index in [0.29, 0.717) is 23.8 Å². The van der Waals surface area contributed by atoms with Crippen LogP contribution in [-0.2, 0) is 6.61 Å². The SMILES string of the molecule is CCC(C)Nc1cc(C(=O)Nc2ccc(OCc3ccccc3)cc2)ncn1. The second-order valence-electron chi connectivity index (χ2n) is 6.49. The Hall–Kier alpha value is -3.41. The van der Waals surface area contributed by atoms with E-state index in [-0.39, 0.29) is 11.9 Å². The molecule has 0 fully saturated rings. The molecule has 0 saturated heterocycles. The molecule has 0 bridgehead atoms. The number of hydrogen-bond acceptors (Lipinski definition) is 5. The van der Waals surface area contributed by atoms with Gasteiger partial charge in [0.1, 0.15) is 30.2 Å². The van der Waals surface area contributed by atoms with Crippen LogP contribution in [-0.4, -0.2) is 21.9 Å². The first kappa shape index (κ1) is 19.4. The molecule has 3 aromatic rings. The average Bonchev–Trinajstić information content (AvgIpc) is 2.74. The quantitative estimate of drug-likeness (QED) is 0.604. The van der Waals surface area contributed by atoms with Crippen LogP contribution in [0.25, 0.3) is 0 Å². The second kappa shape index (κ2) is 9.50. The molecular weight excluding hydrogens is 352 g/mol. The predicted molar refractivity (Wildman–Crippen MR) is 111 cm³/mol. The highest BCUT2D eigenvalue weighted by atomic mass is 16.5. The zero-order valence-electron chi connectivity index (χ0n) is 16.1. The van der Waals surface area contributed by atoms with Gasteiger partial charge in [-0.2, -0.15) is 0 Å². The Morgan fingerprint density at radius 2 is 1.82 bits per heavy atom. The van der Waals surface area contributed by atoms with Crippen molar-refractivity contribution in [1.29, 1.82) is 0 Å². The summed E-state index contributed by atoms with van der Waals surface area (Å²) in [5, 5.41) is 6.08. The van der Waals surface area contributed by atoms with E-state index >= 15 is 0 Å². The lowest BCUT2D eigenvalue weighted by molar-refractivity contribution is 0.102. The van der Waals surface area contributed by atoms with Gasteiger partial charge >= 0.3 is 0 Å². The van der Waals surface area contributed by atoms with Crippen LogP contribution in [0.2, 0.25) is 0 Å². The lowest BCUT2D eigenvalue weighted by Gasteiger charge is -2.12. The van der Waals surface area contributed by atoms with Crippen molar-refractivity contribution in [2.75, 3.05) is 10.6 Å². The molecule has 0 spiro atoms. The highest BCUT2D eigenvalue weighted by Crippen LogP contribution is 2.18. The number of amides is 1. The number of rotatable bonds is 8. The van der Waals surface area contributed by atoms with Gasteiger partial charge < -0.3 is 15.4 Å². The van der Waals surface area contributed by atoms with E-state index in [1.54, 1.807) is 18.2 Å². The Morgan fingerprint density at radius 1 is 1.07 bits per heavy atom. The van der Waals surface area contributed by atoms with Gasteiger partial charge in [-0.15, -0.1) is 0 Å². The Kier molecular flexibility index (Phi) is 6.57. The van der Waals surface area contributed by atoms with Gasteiger partial charge in [0.25, 0.3) is 5.91 Å². The maximum absolute atomic E-state index is 12.5. The molecule has 1 atom stereocenters. The van der Waals surface area contributed by atoms with Crippen molar-refractivity contribution in [2.45, 2.75) is 32.9 Å². The number of hydrogen-bond donors (Lipinski definition) is 2. The summed E-state index contributed by atoms with van der Waals surface area (Å²) in [6.45, 7) is 4.64. The van der Waals surface area contributed by atoms with Crippen LogP contribution < -0.4 is 15.4 Å². The fraction of sp³-hybridized carbons (Fsp3) is 0.227. The maximum Gasteiger partial charge on any atom is 0.274 e. The molecule has 2 aromatic carbocycles. The topological polar surface area (TPSA) is 76.1 Å². The molecule has 28 heavy (non-hydrogen) atoms. The molecular formula is C22H24N4O2. The van der Waals surface area contributed by atoms with Crippen molar-refractivity contribution in [3.05, 3.63) is 78.2 Å². The highest BCUT2D eigenvalue weighted by Gasteiger charge is 2.10. The third-order valence-electron chi connectivity index (χ3n) is 4.27. The number of nitrogens with zero attached hydrogens (tertiary/aromatic N) is 2. The van der Waals surface area contributed by atoms with E-state index in [1.165, 1.54) is 6.33 Å². The largest absolute Gasteiger partial charge is 0.489 e. The summed E-state index contributed by atoms with van der Waals surface area (Å²) >= 11 is 0. The molecule has 2 N–H and O–H groups in total. The van der Waals surface area contributed by atoms with Crippen LogP contribution in [0.5, 0.6) is 5.75 Å². The van der Waals surface area contributed by atoms with Crippen LogP contribution in [0.3, 0.4) is 0 Å². The van der Waals surface area contributed by atoms with Gasteiger partial charge in [0.15, 0.2) is 0 Å². The van der Waals surface area contributed by atoms with Crippen molar-refractivity contribution < 1.29 is 9.53 Å². The molecule has 144 valence electrons.